The monoisotopic (exact) mass is 231 g/mol. The number of hydrogen-bond donors (Lipinski definition) is 1. The number of benzene rings is 1. The molecule has 3 nitrogen and oxygen atoms in total. The quantitative estimate of drug-likeness (QED) is 0.812. The van der Waals surface area contributed by atoms with Crippen molar-refractivity contribution >= 4 is 11.6 Å². The summed E-state index contributed by atoms with van der Waals surface area (Å²) in [5, 5.41) is 2.73. The van der Waals surface area contributed by atoms with E-state index in [1.807, 2.05) is 24.3 Å². The number of allylic oxidation sites excluding steroid dienone is 1. The molecule has 0 spiro atoms. The van der Waals surface area contributed by atoms with E-state index in [-0.39, 0.29) is 12.0 Å². The van der Waals surface area contributed by atoms with Gasteiger partial charge in [0.25, 0.3) is 0 Å². The van der Waals surface area contributed by atoms with Gasteiger partial charge < -0.3 is 10.1 Å². The van der Waals surface area contributed by atoms with E-state index in [0.29, 0.717) is 0 Å². The van der Waals surface area contributed by atoms with E-state index in [0.717, 1.165) is 24.3 Å². The minimum absolute atomic E-state index is 0.0612. The third-order valence-corrected chi connectivity index (χ3v) is 2.67. The first kappa shape index (κ1) is 11.7. The first-order chi connectivity index (χ1) is 8.24. The molecule has 0 heterocycles. The standard InChI is InChI=1S/C14H17NO2/c1-11(16)15-12-7-9-14(10-8-12)17-13-5-3-2-4-6-13/h3,5,7-10,13H,2,4,6H2,1H3,(H,15,16). The summed E-state index contributed by atoms with van der Waals surface area (Å²) in [5.41, 5.74) is 0.795. The highest BCUT2D eigenvalue weighted by Crippen LogP contribution is 2.20. The molecule has 2 rings (SSSR count). The Morgan fingerprint density at radius 2 is 2.12 bits per heavy atom. The number of nitrogens with one attached hydrogen (secondary N) is 1. The fraction of sp³-hybridized carbons (Fsp3) is 0.357. The van der Waals surface area contributed by atoms with Gasteiger partial charge in [-0.05, 0) is 49.6 Å². The predicted molar refractivity (Wildman–Crippen MR) is 68.2 cm³/mol. The molecular weight excluding hydrogens is 214 g/mol. The predicted octanol–water partition coefficient (Wildman–Crippen LogP) is 3.13. The highest BCUT2D eigenvalue weighted by Gasteiger charge is 2.09. The number of ether oxygens (including phenoxy) is 1. The zero-order valence-corrected chi connectivity index (χ0v) is 9.98. The Morgan fingerprint density at radius 3 is 2.71 bits per heavy atom. The summed E-state index contributed by atoms with van der Waals surface area (Å²) in [5.74, 6) is 0.782. The van der Waals surface area contributed by atoms with Crippen molar-refractivity contribution in [2.75, 3.05) is 5.32 Å². The molecule has 0 saturated heterocycles. The summed E-state index contributed by atoms with van der Waals surface area (Å²) < 4.78 is 5.82. The van der Waals surface area contributed by atoms with Gasteiger partial charge in [0.2, 0.25) is 5.91 Å². The van der Waals surface area contributed by atoms with Gasteiger partial charge >= 0.3 is 0 Å². The highest BCUT2D eigenvalue weighted by molar-refractivity contribution is 5.88. The number of carbonyl (C=O) groups is 1. The lowest BCUT2D eigenvalue weighted by molar-refractivity contribution is -0.114. The molecule has 1 aliphatic rings. The summed E-state index contributed by atoms with van der Waals surface area (Å²) in [4.78, 5) is 10.9. The number of carbonyl (C=O) groups excluding carboxylic acids is 1. The molecule has 1 aliphatic carbocycles. The summed E-state index contributed by atoms with van der Waals surface area (Å²) >= 11 is 0. The van der Waals surface area contributed by atoms with Crippen LogP contribution in [0.4, 0.5) is 5.69 Å². The van der Waals surface area contributed by atoms with Crippen molar-refractivity contribution in [2.45, 2.75) is 32.3 Å². The van der Waals surface area contributed by atoms with Gasteiger partial charge in [-0.1, -0.05) is 6.08 Å². The molecule has 3 heteroatoms. The molecule has 90 valence electrons. The van der Waals surface area contributed by atoms with Crippen LogP contribution in [0.2, 0.25) is 0 Å². The Bertz CT molecular complexity index is 409. The minimum atomic E-state index is -0.0612. The molecule has 17 heavy (non-hydrogen) atoms. The Morgan fingerprint density at radius 1 is 1.35 bits per heavy atom. The van der Waals surface area contributed by atoms with Gasteiger partial charge in [-0.15, -0.1) is 0 Å². The molecule has 0 aromatic heterocycles. The van der Waals surface area contributed by atoms with Crippen LogP contribution in [0.5, 0.6) is 5.75 Å². The van der Waals surface area contributed by atoms with Gasteiger partial charge in [0.15, 0.2) is 0 Å². The van der Waals surface area contributed by atoms with Gasteiger partial charge in [-0.2, -0.15) is 0 Å². The lowest BCUT2D eigenvalue weighted by Crippen LogP contribution is -2.15. The van der Waals surface area contributed by atoms with E-state index in [9.17, 15) is 4.79 Å². The third-order valence-electron chi connectivity index (χ3n) is 2.67. The van der Waals surface area contributed by atoms with Gasteiger partial charge in [0.05, 0.1) is 0 Å². The largest absolute Gasteiger partial charge is 0.486 e. The molecule has 0 saturated carbocycles. The second-order valence-corrected chi connectivity index (χ2v) is 4.22. The highest BCUT2D eigenvalue weighted by atomic mass is 16.5. The maximum Gasteiger partial charge on any atom is 0.221 e. The molecule has 1 amide bonds. The second kappa shape index (κ2) is 5.53. The molecule has 1 aromatic rings. The van der Waals surface area contributed by atoms with E-state index in [4.69, 9.17) is 4.74 Å². The second-order valence-electron chi connectivity index (χ2n) is 4.22. The van der Waals surface area contributed by atoms with E-state index >= 15 is 0 Å². The van der Waals surface area contributed by atoms with Crippen molar-refractivity contribution < 1.29 is 9.53 Å². The van der Waals surface area contributed by atoms with Gasteiger partial charge in [-0.3, -0.25) is 4.79 Å². The molecule has 1 N–H and O–H groups in total. The summed E-state index contributed by atoms with van der Waals surface area (Å²) in [6.45, 7) is 1.50. The van der Waals surface area contributed by atoms with Crippen LogP contribution >= 0.6 is 0 Å². The molecule has 1 unspecified atom stereocenters. The Labute approximate surface area is 101 Å². The fourth-order valence-corrected chi connectivity index (χ4v) is 1.87. The van der Waals surface area contributed by atoms with Crippen molar-refractivity contribution in [2.24, 2.45) is 0 Å². The van der Waals surface area contributed by atoms with Crippen molar-refractivity contribution in [1.82, 2.24) is 0 Å². The number of amides is 1. The van der Waals surface area contributed by atoms with Crippen LogP contribution in [0, 0.1) is 0 Å². The zero-order valence-electron chi connectivity index (χ0n) is 9.98. The first-order valence-corrected chi connectivity index (χ1v) is 5.95. The van der Waals surface area contributed by atoms with Crippen LogP contribution in [0.25, 0.3) is 0 Å². The fourth-order valence-electron chi connectivity index (χ4n) is 1.87. The maximum absolute atomic E-state index is 10.9. The summed E-state index contributed by atoms with van der Waals surface area (Å²) in [6.07, 6.45) is 7.89. The Kier molecular flexibility index (Phi) is 3.81. The lowest BCUT2D eigenvalue weighted by atomic mass is 10.1. The van der Waals surface area contributed by atoms with E-state index in [1.165, 1.54) is 13.3 Å². The van der Waals surface area contributed by atoms with E-state index in [1.54, 1.807) is 0 Å². The number of hydrogen-bond acceptors (Lipinski definition) is 2. The topological polar surface area (TPSA) is 38.3 Å². The van der Waals surface area contributed by atoms with Gasteiger partial charge in [-0.25, -0.2) is 0 Å². The van der Waals surface area contributed by atoms with Crippen molar-refractivity contribution in [3.05, 3.63) is 36.4 Å². The Hall–Kier alpha value is -1.77. The van der Waals surface area contributed by atoms with Crippen molar-refractivity contribution in [3.8, 4) is 5.75 Å². The maximum atomic E-state index is 10.9. The Balaban J connectivity index is 1.95. The first-order valence-electron chi connectivity index (χ1n) is 5.95. The van der Waals surface area contributed by atoms with Gasteiger partial charge in [0.1, 0.15) is 11.9 Å². The smallest absolute Gasteiger partial charge is 0.221 e. The van der Waals surface area contributed by atoms with E-state index < -0.39 is 0 Å². The molecule has 1 aromatic carbocycles. The molecule has 1 atom stereocenters. The van der Waals surface area contributed by atoms with Crippen LogP contribution in [0.1, 0.15) is 26.2 Å². The van der Waals surface area contributed by atoms with Crippen LogP contribution in [0.3, 0.4) is 0 Å². The zero-order chi connectivity index (χ0) is 12.1. The average molecular weight is 231 g/mol. The third kappa shape index (κ3) is 3.63. The molecule has 0 radical (unpaired) electrons. The lowest BCUT2D eigenvalue weighted by Gasteiger charge is -2.18. The molecule has 0 aliphatic heterocycles. The SMILES string of the molecule is CC(=O)Nc1ccc(OC2C=CCCC2)cc1. The summed E-state index contributed by atoms with van der Waals surface area (Å²) in [6, 6.07) is 7.47. The minimum Gasteiger partial charge on any atom is -0.486 e. The number of rotatable bonds is 3. The van der Waals surface area contributed by atoms with Crippen LogP contribution in [-0.2, 0) is 4.79 Å². The van der Waals surface area contributed by atoms with Crippen LogP contribution < -0.4 is 10.1 Å². The van der Waals surface area contributed by atoms with Crippen molar-refractivity contribution in [1.29, 1.82) is 0 Å². The van der Waals surface area contributed by atoms with Crippen molar-refractivity contribution in [3.63, 3.8) is 0 Å². The number of anilines is 1. The molecule has 0 bridgehead atoms. The molecular formula is C14H17NO2. The van der Waals surface area contributed by atoms with Crippen LogP contribution in [-0.4, -0.2) is 12.0 Å². The molecule has 0 fully saturated rings. The average Bonchev–Trinajstić information content (AvgIpc) is 2.32. The summed E-state index contributed by atoms with van der Waals surface area (Å²) in [7, 11) is 0. The van der Waals surface area contributed by atoms with E-state index in [2.05, 4.69) is 17.5 Å². The van der Waals surface area contributed by atoms with Gasteiger partial charge in [0, 0.05) is 12.6 Å². The normalized spacial score (nSPS) is 18.8. The van der Waals surface area contributed by atoms with Crippen LogP contribution in [0.15, 0.2) is 36.4 Å².